The Morgan fingerprint density at radius 2 is 1.94 bits per heavy atom. The average molecular weight is 232 g/mol. The molecule has 0 atom stereocenters. The number of aliphatic hydroxyl groups is 1. The van der Waals surface area contributed by atoms with Crippen LogP contribution in [-0.2, 0) is 4.74 Å². The maximum absolute atomic E-state index is 8.49. The summed E-state index contributed by atoms with van der Waals surface area (Å²) >= 11 is 0. The van der Waals surface area contributed by atoms with Gasteiger partial charge in [0.15, 0.2) is 0 Å². The summed E-state index contributed by atoms with van der Waals surface area (Å²) < 4.78 is 5.14. The van der Waals surface area contributed by atoms with Crippen LogP contribution in [0.3, 0.4) is 0 Å². The molecule has 0 aromatic carbocycles. The highest BCUT2D eigenvalue weighted by Gasteiger charge is 2.01. The van der Waals surface area contributed by atoms with E-state index >= 15 is 0 Å². The second kappa shape index (κ2) is 11.3. The summed E-state index contributed by atoms with van der Waals surface area (Å²) in [5.74, 6) is 0. The zero-order chi connectivity index (χ0) is 12.2. The first-order valence-electron chi connectivity index (χ1n) is 6.28. The Labute approximate surface area is 100.0 Å². The van der Waals surface area contributed by atoms with Gasteiger partial charge in [-0.05, 0) is 46.8 Å². The predicted molar refractivity (Wildman–Crippen MR) is 67.8 cm³/mol. The van der Waals surface area contributed by atoms with E-state index in [-0.39, 0.29) is 6.61 Å². The lowest BCUT2D eigenvalue weighted by atomic mass is 10.2. The minimum absolute atomic E-state index is 0.113. The molecule has 16 heavy (non-hydrogen) atoms. The van der Waals surface area contributed by atoms with Crippen molar-refractivity contribution in [2.75, 3.05) is 46.5 Å². The smallest absolute Gasteiger partial charge is 0.0698 e. The number of nitrogens with one attached hydrogen (secondary N) is 1. The third-order valence-electron chi connectivity index (χ3n) is 2.65. The van der Waals surface area contributed by atoms with E-state index in [2.05, 4.69) is 31.1 Å². The van der Waals surface area contributed by atoms with Crippen molar-refractivity contribution in [1.29, 1.82) is 0 Å². The third-order valence-corrected chi connectivity index (χ3v) is 2.65. The Balaban J connectivity index is 3.04. The van der Waals surface area contributed by atoms with Crippen molar-refractivity contribution in [1.82, 2.24) is 10.2 Å². The Morgan fingerprint density at radius 1 is 1.19 bits per heavy atom. The van der Waals surface area contributed by atoms with Crippen LogP contribution in [0.5, 0.6) is 0 Å². The number of ether oxygens (including phenoxy) is 1. The van der Waals surface area contributed by atoms with Gasteiger partial charge < -0.3 is 20.1 Å². The molecule has 0 aliphatic heterocycles. The van der Waals surface area contributed by atoms with Crippen LogP contribution in [-0.4, -0.2) is 62.6 Å². The Bertz CT molecular complexity index is 143. The van der Waals surface area contributed by atoms with Gasteiger partial charge in [0.2, 0.25) is 0 Å². The first-order chi connectivity index (χ1) is 7.68. The van der Waals surface area contributed by atoms with Crippen molar-refractivity contribution < 1.29 is 9.84 Å². The van der Waals surface area contributed by atoms with Gasteiger partial charge in [0, 0.05) is 12.6 Å². The highest BCUT2D eigenvalue weighted by Crippen LogP contribution is 1.96. The normalized spacial score (nSPS) is 11.6. The molecule has 0 saturated carbocycles. The first-order valence-corrected chi connectivity index (χ1v) is 6.28. The molecule has 98 valence electrons. The predicted octanol–water partition coefficient (Wildman–Crippen LogP) is 0.705. The van der Waals surface area contributed by atoms with Gasteiger partial charge >= 0.3 is 0 Å². The number of unbranched alkanes of at least 4 members (excludes halogenated alkanes) is 1. The standard InChI is InChI=1S/C12H28N2O2/c1-12(2)14(3)8-5-4-6-13-7-10-16-11-9-15/h12-13,15H,4-11H2,1-3H3. The van der Waals surface area contributed by atoms with E-state index in [1.54, 1.807) is 0 Å². The summed E-state index contributed by atoms with van der Waals surface area (Å²) in [7, 11) is 2.17. The van der Waals surface area contributed by atoms with Gasteiger partial charge in [-0.2, -0.15) is 0 Å². The van der Waals surface area contributed by atoms with Crippen LogP contribution in [0.1, 0.15) is 26.7 Å². The quantitative estimate of drug-likeness (QED) is 0.515. The molecule has 0 aliphatic rings. The zero-order valence-electron chi connectivity index (χ0n) is 11.0. The molecule has 0 aromatic rings. The van der Waals surface area contributed by atoms with Crippen molar-refractivity contribution >= 4 is 0 Å². The van der Waals surface area contributed by atoms with E-state index in [9.17, 15) is 0 Å². The molecule has 0 aliphatic carbocycles. The summed E-state index contributed by atoms with van der Waals surface area (Å²) in [6.45, 7) is 8.77. The van der Waals surface area contributed by atoms with Crippen LogP contribution in [0, 0.1) is 0 Å². The molecular formula is C12H28N2O2. The Kier molecular flexibility index (Phi) is 11.2. The lowest BCUT2D eigenvalue weighted by molar-refractivity contribution is 0.0939. The second-order valence-electron chi connectivity index (χ2n) is 4.37. The van der Waals surface area contributed by atoms with E-state index in [0.717, 1.165) is 13.1 Å². The van der Waals surface area contributed by atoms with Gasteiger partial charge in [-0.25, -0.2) is 0 Å². The van der Waals surface area contributed by atoms with Gasteiger partial charge in [-0.15, -0.1) is 0 Å². The van der Waals surface area contributed by atoms with E-state index in [0.29, 0.717) is 19.3 Å². The molecule has 0 amide bonds. The molecule has 4 nitrogen and oxygen atoms in total. The van der Waals surface area contributed by atoms with Gasteiger partial charge in [0.1, 0.15) is 0 Å². The van der Waals surface area contributed by atoms with Crippen LogP contribution >= 0.6 is 0 Å². The molecule has 0 aromatic heterocycles. The molecule has 0 fully saturated rings. The van der Waals surface area contributed by atoms with Crippen molar-refractivity contribution in [2.45, 2.75) is 32.7 Å². The topological polar surface area (TPSA) is 44.7 Å². The number of rotatable bonds is 11. The first kappa shape index (κ1) is 15.8. The minimum Gasteiger partial charge on any atom is -0.394 e. The van der Waals surface area contributed by atoms with Crippen molar-refractivity contribution in [3.8, 4) is 0 Å². The van der Waals surface area contributed by atoms with Crippen molar-refractivity contribution in [3.05, 3.63) is 0 Å². The molecule has 0 heterocycles. The fourth-order valence-electron chi connectivity index (χ4n) is 1.31. The molecule has 0 unspecified atom stereocenters. The van der Waals surface area contributed by atoms with Gasteiger partial charge in [0.05, 0.1) is 19.8 Å². The average Bonchev–Trinajstić information content (AvgIpc) is 2.26. The fraction of sp³-hybridized carbons (Fsp3) is 1.00. The van der Waals surface area contributed by atoms with Crippen LogP contribution in [0.2, 0.25) is 0 Å². The molecule has 0 rings (SSSR count). The fourth-order valence-corrected chi connectivity index (χ4v) is 1.31. The monoisotopic (exact) mass is 232 g/mol. The summed E-state index contributed by atoms with van der Waals surface area (Å²) in [5, 5.41) is 11.8. The number of aliphatic hydroxyl groups excluding tert-OH is 1. The van der Waals surface area contributed by atoms with E-state index in [1.807, 2.05) is 0 Å². The highest BCUT2D eigenvalue weighted by atomic mass is 16.5. The molecule has 0 bridgehead atoms. The van der Waals surface area contributed by atoms with Crippen molar-refractivity contribution in [3.63, 3.8) is 0 Å². The summed E-state index contributed by atoms with van der Waals surface area (Å²) in [6.07, 6.45) is 2.44. The van der Waals surface area contributed by atoms with Crippen LogP contribution < -0.4 is 5.32 Å². The summed E-state index contributed by atoms with van der Waals surface area (Å²) in [4.78, 5) is 2.37. The maximum atomic E-state index is 8.49. The number of hydrogen-bond donors (Lipinski definition) is 2. The van der Waals surface area contributed by atoms with Gasteiger partial charge in [-0.3, -0.25) is 0 Å². The second-order valence-corrected chi connectivity index (χ2v) is 4.37. The van der Waals surface area contributed by atoms with Crippen LogP contribution in [0.15, 0.2) is 0 Å². The van der Waals surface area contributed by atoms with Gasteiger partial charge in [-0.1, -0.05) is 0 Å². The van der Waals surface area contributed by atoms with E-state index in [1.165, 1.54) is 19.4 Å². The lowest BCUT2D eigenvalue weighted by Gasteiger charge is -2.20. The van der Waals surface area contributed by atoms with Gasteiger partial charge in [0.25, 0.3) is 0 Å². The summed E-state index contributed by atoms with van der Waals surface area (Å²) in [5.41, 5.74) is 0. The highest BCUT2D eigenvalue weighted by molar-refractivity contribution is 4.57. The molecule has 0 radical (unpaired) electrons. The maximum Gasteiger partial charge on any atom is 0.0698 e. The Hall–Kier alpha value is -0.160. The van der Waals surface area contributed by atoms with E-state index in [4.69, 9.17) is 9.84 Å². The Morgan fingerprint density at radius 3 is 2.56 bits per heavy atom. The molecule has 0 spiro atoms. The number of hydrogen-bond acceptors (Lipinski definition) is 4. The molecule has 0 saturated heterocycles. The molecule has 2 N–H and O–H groups in total. The zero-order valence-corrected chi connectivity index (χ0v) is 11.0. The van der Waals surface area contributed by atoms with Crippen LogP contribution in [0.4, 0.5) is 0 Å². The van der Waals surface area contributed by atoms with Crippen LogP contribution in [0.25, 0.3) is 0 Å². The third kappa shape index (κ3) is 10.4. The lowest BCUT2D eigenvalue weighted by Crippen LogP contribution is -2.28. The SMILES string of the molecule is CC(C)N(C)CCCCNCCOCCO. The van der Waals surface area contributed by atoms with E-state index < -0.39 is 0 Å². The largest absolute Gasteiger partial charge is 0.394 e. The van der Waals surface area contributed by atoms with Crippen molar-refractivity contribution in [2.24, 2.45) is 0 Å². The minimum atomic E-state index is 0.113. The number of nitrogens with zero attached hydrogens (tertiary/aromatic N) is 1. The molecular weight excluding hydrogens is 204 g/mol. The molecule has 4 heteroatoms. The summed E-state index contributed by atoms with van der Waals surface area (Å²) in [6, 6.07) is 0.639.